The summed E-state index contributed by atoms with van der Waals surface area (Å²) in [6, 6.07) is 17.4. The number of hydrogen-bond donors (Lipinski definition) is 0. The summed E-state index contributed by atoms with van der Waals surface area (Å²) < 4.78 is 10.6. The van der Waals surface area contributed by atoms with Crippen LogP contribution in [0.15, 0.2) is 64.2 Å². The van der Waals surface area contributed by atoms with Gasteiger partial charge >= 0.3 is 5.69 Å². The van der Waals surface area contributed by atoms with Crippen LogP contribution in [0.3, 0.4) is 0 Å². The van der Waals surface area contributed by atoms with Gasteiger partial charge in [0.25, 0.3) is 5.56 Å². The summed E-state index contributed by atoms with van der Waals surface area (Å²) in [6.07, 6.45) is 0.713. The Labute approximate surface area is 178 Å². The van der Waals surface area contributed by atoms with Gasteiger partial charge in [-0.25, -0.2) is 4.79 Å². The van der Waals surface area contributed by atoms with Crippen molar-refractivity contribution in [2.45, 2.75) is 26.4 Å². The lowest BCUT2D eigenvalue weighted by atomic mass is 10.2. The fourth-order valence-corrected chi connectivity index (χ4v) is 4.06. The maximum Gasteiger partial charge on any atom is 0.332 e. The zero-order valence-electron chi connectivity index (χ0n) is 17.5. The third-order valence-corrected chi connectivity index (χ3v) is 5.58. The monoisotopic (exact) mass is 417 g/mol. The van der Waals surface area contributed by atoms with Crippen LogP contribution in [-0.2, 0) is 20.1 Å². The van der Waals surface area contributed by atoms with Gasteiger partial charge in [-0.05, 0) is 42.8 Å². The van der Waals surface area contributed by atoms with Crippen LogP contribution in [0.2, 0.25) is 0 Å². The van der Waals surface area contributed by atoms with Gasteiger partial charge in [0.2, 0.25) is 5.95 Å². The van der Waals surface area contributed by atoms with Crippen molar-refractivity contribution >= 4 is 22.8 Å². The molecule has 5 rings (SSSR count). The SMILES string of the molecule is CCCn1c(=O)c2c(nc3n2CCN3c2ccc(Oc3ccccc3)cc2)n(C)c1=O. The molecule has 3 heterocycles. The first-order valence-electron chi connectivity index (χ1n) is 10.4. The van der Waals surface area contributed by atoms with Crippen molar-refractivity contribution < 1.29 is 4.74 Å². The number of aryl methyl sites for hydroxylation is 1. The zero-order chi connectivity index (χ0) is 21.5. The Morgan fingerprint density at radius 1 is 0.968 bits per heavy atom. The van der Waals surface area contributed by atoms with Crippen molar-refractivity contribution in [3.05, 3.63) is 75.4 Å². The fraction of sp³-hybridized carbons (Fsp3) is 0.261. The van der Waals surface area contributed by atoms with Crippen molar-refractivity contribution in [2.75, 3.05) is 11.4 Å². The number of benzene rings is 2. The number of rotatable bonds is 5. The number of fused-ring (bicyclic) bond motifs is 3. The minimum Gasteiger partial charge on any atom is -0.457 e. The van der Waals surface area contributed by atoms with E-state index >= 15 is 0 Å². The first-order chi connectivity index (χ1) is 15.1. The molecule has 8 nitrogen and oxygen atoms in total. The van der Waals surface area contributed by atoms with E-state index in [2.05, 4.69) is 9.88 Å². The van der Waals surface area contributed by atoms with E-state index in [0.717, 1.165) is 17.2 Å². The van der Waals surface area contributed by atoms with Gasteiger partial charge in [0.15, 0.2) is 11.2 Å². The molecule has 0 fully saturated rings. The maximum absolute atomic E-state index is 13.0. The van der Waals surface area contributed by atoms with E-state index in [0.29, 0.717) is 43.2 Å². The van der Waals surface area contributed by atoms with Gasteiger partial charge in [-0.3, -0.25) is 13.9 Å². The van der Waals surface area contributed by atoms with Gasteiger partial charge in [-0.2, -0.15) is 4.98 Å². The predicted molar refractivity (Wildman–Crippen MR) is 119 cm³/mol. The second kappa shape index (κ2) is 7.46. The molecule has 0 saturated carbocycles. The number of ether oxygens (including phenoxy) is 1. The molecule has 1 aliphatic heterocycles. The summed E-state index contributed by atoms with van der Waals surface area (Å²) in [5.41, 5.74) is 1.26. The van der Waals surface area contributed by atoms with Crippen LogP contribution in [0.4, 0.5) is 11.6 Å². The molecule has 4 aromatic rings. The molecule has 158 valence electrons. The number of hydrogen-bond acceptors (Lipinski definition) is 5. The summed E-state index contributed by atoms with van der Waals surface area (Å²) in [6.45, 7) is 3.68. The van der Waals surface area contributed by atoms with E-state index in [9.17, 15) is 9.59 Å². The zero-order valence-corrected chi connectivity index (χ0v) is 17.5. The van der Waals surface area contributed by atoms with Crippen molar-refractivity contribution in [3.63, 3.8) is 0 Å². The van der Waals surface area contributed by atoms with E-state index < -0.39 is 0 Å². The molecule has 2 aromatic carbocycles. The molecule has 0 unspecified atom stereocenters. The van der Waals surface area contributed by atoms with Crippen LogP contribution in [0.1, 0.15) is 13.3 Å². The van der Waals surface area contributed by atoms with E-state index in [4.69, 9.17) is 4.74 Å². The van der Waals surface area contributed by atoms with Crippen LogP contribution in [-0.4, -0.2) is 25.2 Å². The summed E-state index contributed by atoms with van der Waals surface area (Å²) in [5.74, 6) is 2.20. The van der Waals surface area contributed by atoms with Gasteiger partial charge in [-0.15, -0.1) is 0 Å². The Balaban J connectivity index is 1.52. The third-order valence-electron chi connectivity index (χ3n) is 5.58. The molecule has 0 radical (unpaired) electrons. The highest BCUT2D eigenvalue weighted by Gasteiger charge is 2.28. The third kappa shape index (κ3) is 3.11. The molecule has 0 spiro atoms. The van der Waals surface area contributed by atoms with E-state index in [-0.39, 0.29) is 11.2 Å². The molecule has 0 bridgehead atoms. The molecule has 2 aromatic heterocycles. The van der Waals surface area contributed by atoms with Crippen molar-refractivity contribution in [3.8, 4) is 11.5 Å². The minimum atomic E-state index is -0.329. The van der Waals surface area contributed by atoms with Crippen LogP contribution in [0.25, 0.3) is 11.2 Å². The largest absolute Gasteiger partial charge is 0.457 e. The molecular weight excluding hydrogens is 394 g/mol. The Morgan fingerprint density at radius 2 is 1.68 bits per heavy atom. The number of anilines is 2. The Hall–Kier alpha value is -3.81. The molecule has 1 aliphatic rings. The van der Waals surface area contributed by atoms with Crippen molar-refractivity contribution in [2.24, 2.45) is 7.05 Å². The first-order valence-corrected chi connectivity index (χ1v) is 10.4. The van der Waals surface area contributed by atoms with Crippen molar-refractivity contribution in [1.82, 2.24) is 18.7 Å². The summed E-state index contributed by atoms with van der Waals surface area (Å²) in [7, 11) is 1.67. The minimum absolute atomic E-state index is 0.271. The quantitative estimate of drug-likeness (QED) is 0.498. The normalized spacial score (nSPS) is 13.0. The Kier molecular flexibility index (Phi) is 4.62. The van der Waals surface area contributed by atoms with E-state index in [1.807, 2.05) is 66.1 Å². The van der Waals surface area contributed by atoms with Gasteiger partial charge < -0.3 is 14.2 Å². The second-order valence-electron chi connectivity index (χ2n) is 7.59. The number of para-hydroxylation sites is 1. The summed E-state index contributed by atoms with van der Waals surface area (Å²) >= 11 is 0. The van der Waals surface area contributed by atoms with Crippen LogP contribution < -0.4 is 20.9 Å². The summed E-state index contributed by atoms with van der Waals surface area (Å²) in [4.78, 5) is 32.4. The smallest absolute Gasteiger partial charge is 0.332 e. The number of nitrogens with zero attached hydrogens (tertiary/aromatic N) is 5. The molecule has 31 heavy (non-hydrogen) atoms. The molecule has 0 N–H and O–H groups in total. The van der Waals surface area contributed by atoms with Gasteiger partial charge in [-0.1, -0.05) is 25.1 Å². The lowest BCUT2D eigenvalue weighted by molar-refractivity contribution is 0.482. The van der Waals surface area contributed by atoms with Crippen molar-refractivity contribution in [1.29, 1.82) is 0 Å². The highest BCUT2D eigenvalue weighted by molar-refractivity contribution is 5.77. The van der Waals surface area contributed by atoms with Gasteiger partial charge in [0.05, 0.1) is 0 Å². The summed E-state index contributed by atoms with van der Waals surface area (Å²) in [5, 5.41) is 0. The second-order valence-corrected chi connectivity index (χ2v) is 7.59. The molecule has 8 heteroatoms. The van der Waals surface area contributed by atoms with Crippen LogP contribution in [0, 0.1) is 0 Å². The molecule has 0 aliphatic carbocycles. The lowest BCUT2D eigenvalue weighted by Gasteiger charge is -2.16. The topological polar surface area (TPSA) is 74.3 Å². The average Bonchev–Trinajstić information content (AvgIpc) is 3.36. The van der Waals surface area contributed by atoms with Gasteiger partial charge in [0.1, 0.15) is 11.5 Å². The highest BCUT2D eigenvalue weighted by Crippen LogP contribution is 2.33. The predicted octanol–water partition coefficient (Wildman–Crippen LogP) is 3.25. The fourth-order valence-electron chi connectivity index (χ4n) is 4.06. The van der Waals surface area contributed by atoms with Crippen LogP contribution >= 0.6 is 0 Å². The lowest BCUT2D eigenvalue weighted by Crippen LogP contribution is -2.39. The Morgan fingerprint density at radius 3 is 2.39 bits per heavy atom. The van der Waals surface area contributed by atoms with E-state index in [1.165, 1.54) is 9.13 Å². The first kappa shape index (κ1) is 19.2. The highest BCUT2D eigenvalue weighted by atomic mass is 16.5. The standard InChI is InChI=1S/C23H23N5O3/c1-3-13-28-21(29)19-20(25(2)23(28)30)24-22-26(14-15-27(19)22)16-9-11-18(12-10-16)31-17-7-5-4-6-8-17/h4-12H,3,13-15H2,1-2H3. The molecule has 0 saturated heterocycles. The molecular formula is C23H23N5O3. The molecule has 0 amide bonds. The number of aromatic nitrogens is 4. The number of imidazole rings is 1. The molecule has 0 atom stereocenters. The maximum atomic E-state index is 13.0. The van der Waals surface area contributed by atoms with Crippen LogP contribution in [0.5, 0.6) is 11.5 Å². The average molecular weight is 417 g/mol. The Bertz CT molecular complexity index is 1370. The van der Waals surface area contributed by atoms with E-state index in [1.54, 1.807) is 7.05 Å². The van der Waals surface area contributed by atoms with Gasteiger partial charge in [0, 0.05) is 32.4 Å².